The van der Waals surface area contributed by atoms with E-state index >= 15 is 0 Å². The van der Waals surface area contributed by atoms with E-state index in [4.69, 9.17) is 14.2 Å². The summed E-state index contributed by atoms with van der Waals surface area (Å²) in [6, 6.07) is 11.4. The van der Waals surface area contributed by atoms with Crippen LogP contribution in [0.3, 0.4) is 0 Å². The zero-order valence-corrected chi connectivity index (χ0v) is 15.9. The van der Waals surface area contributed by atoms with Gasteiger partial charge in [0.15, 0.2) is 11.5 Å². The van der Waals surface area contributed by atoms with E-state index in [1.54, 1.807) is 18.3 Å². The van der Waals surface area contributed by atoms with Gasteiger partial charge in [-0.15, -0.1) is 0 Å². The van der Waals surface area contributed by atoms with Crippen molar-refractivity contribution in [2.75, 3.05) is 33.2 Å². The van der Waals surface area contributed by atoms with Gasteiger partial charge in [0.25, 0.3) is 0 Å². The van der Waals surface area contributed by atoms with Crippen molar-refractivity contribution in [1.82, 2.24) is 9.97 Å². The number of fused-ring (bicyclic) bond motifs is 1. The fourth-order valence-electron chi connectivity index (χ4n) is 3.52. The van der Waals surface area contributed by atoms with Crippen molar-refractivity contribution in [3.8, 4) is 17.2 Å². The SMILES string of the molecule is COc1cc(C(=O)c2cnc(C3CNc4ccccc43)[nH]2)cc(OC)c1OC. The van der Waals surface area contributed by atoms with Crippen molar-refractivity contribution in [3.63, 3.8) is 0 Å². The third kappa shape index (κ3) is 2.94. The number of H-pyrrole nitrogens is 1. The van der Waals surface area contributed by atoms with Crippen LogP contribution in [0.15, 0.2) is 42.6 Å². The summed E-state index contributed by atoms with van der Waals surface area (Å²) in [5.41, 5.74) is 3.10. The van der Waals surface area contributed by atoms with Crippen LogP contribution in [0.2, 0.25) is 0 Å². The first-order valence-corrected chi connectivity index (χ1v) is 8.88. The van der Waals surface area contributed by atoms with Crippen molar-refractivity contribution in [2.45, 2.75) is 5.92 Å². The minimum atomic E-state index is -0.197. The van der Waals surface area contributed by atoms with E-state index in [-0.39, 0.29) is 11.7 Å². The standard InChI is InChI=1S/C21H21N3O4/c1-26-17-8-12(9-18(27-2)20(17)28-3)19(25)16-11-23-21(24-16)14-10-22-15-7-5-4-6-13(14)15/h4-9,11,14,22H,10H2,1-3H3,(H,23,24). The summed E-state index contributed by atoms with van der Waals surface area (Å²) in [5.74, 6) is 1.95. The first-order valence-electron chi connectivity index (χ1n) is 8.88. The van der Waals surface area contributed by atoms with Gasteiger partial charge in [0.05, 0.1) is 33.4 Å². The van der Waals surface area contributed by atoms with Crippen LogP contribution in [0.1, 0.15) is 33.4 Å². The lowest BCUT2D eigenvalue weighted by Crippen LogP contribution is -2.07. The van der Waals surface area contributed by atoms with Crippen LogP contribution < -0.4 is 19.5 Å². The van der Waals surface area contributed by atoms with E-state index in [2.05, 4.69) is 21.4 Å². The lowest BCUT2D eigenvalue weighted by atomic mass is 10.0. The lowest BCUT2D eigenvalue weighted by molar-refractivity contribution is 0.103. The van der Waals surface area contributed by atoms with Gasteiger partial charge in [0.1, 0.15) is 11.5 Å². The smallest absolute Gasteiger partial charge is 0.211 e. The second-order valence-corrected chi connectivity index (χ2v) is 6.45. The van der Waals surface area contributed by atoms with E-state index < -0.39 is 0 Å². The summed E-state index contributed by atoms with van der Waals surface area (Å²) in [6.07, 6.45) is 1.57. The summed E-state index contributed by atoms with van der Waals surface area (Å²) in [5, 5.41) is 3.37. The second-order valence-electron chi connectivity index (χ2n) is 6.45. The number of ether oxygens (including phenoxy) is 3. The Kier molecular flexibility index (Phi) is 4.65. The van der Waals surface area contributed by atoms with Crippen molar-refractivity contribution in [3.05, 3.63) is 65.2 Å². The number of carbonyl (C=O) groups is 1. The quantitative estimate of drug-likeness (QED) is 0.640. The number of methoxy groups -OCH3 is 3. The van der Waals surface area contributed by atoms with Gasteiger partial charge in [-0.1, -0.05) is 18.2 Å². The average Bonchev–Trinajstić information content (AvgIpc) is 3.38. The number of imidazole rings is 1. The van der Waals surface area contributed by atoms with Gasteiger partial charge in [-0.05, 0) is 23.8 Å². The molecule has 1 aromatic heterocycles. The van der Waals surface area contributed by atoms with Gasteiger partial charge < -0.3 is 24.5 Å². The van der Waals surface area contributed by atoms with Gasteiger partial charge in [0, 0.05) is 17.8 Å². The molecule has 1 atom stereocenters. The van der Waals surface area contributed by atoms with E-state index in [0.717, 1.165) is 18.1 Å². The monoisotopic (exact) mass is 379 g/mol. The zero-order chi connectivity index (χ0) is 19.7. The number of aromatic nitrogens is 2. The highest BCUT2D eigenvalue weighted by atomic mass is 16.5. The molecule has 0 amide bonds. The van der Waals surface area contributed by atoms with Gasteiger partial charge in [-0.3, -0.25) is 4.79 Å². The van der Waals surface area contributed by atoms with Crippen molar-refractivity contribution in [1.29, 1.82) is 0 Å². The largest absolute Gasteiger partial charge is 0.493 e. The number of hydrogen-bond donors (Lipinski definition) is 2. The summed E-state index contributed by atoms with van der Waals surface area (Å²) in [4.78, 5) is 20.7. The Bertz CT molecular complexity index is 1000. The predicted octanol–water partition coefficient (Wildman–Crippen LogP) is 3.22. The summed E-state index contributed by atoms with van der Waals surface area (Å²) < 4.78 is 16.0. The predicted molar refractivity (Wildman–Crippen MR) is 105 cm³/mol. The Morgan fingerprint density at radius 1 is 1.07 bits per heavy atom. The summed E-state index contributed by atoms with van der Waals surface area (Å²) in [6.45, 7) is 0.741. The molecule has 7 heteroatoms. The third-order valence-corrected chi connectivity index (χ3v) is 4.93. The Morgan fingerprint density at radius 3 is 2.46 bits per heavy atom. The average molecular weight is 379 g/mol. The van der Waals surface area contributed by atoms with E-state index in [9.17, 15) is 4.79 Å². The summed E-state index contributed by atoms with van der Waals surface area (Å²) >= 11 is 0. The Labute approximate surface area is 162 Å². The first-order chi connectivity index (χ1) is 13.7. The molecule has 3 aromatic rings. The zero-order valence-electron chi connectivity index (χ0n) is 15.9. The topological polar surface area (TPSA) is 85.5 Å². The van der Waals surface area contributed by atoms with Crippen LogP contribution in [0, 0.1) is 0 Å². The number of benzene rings is 2. The molecule has 1 aliphatic rings. The number of carbonyl (C=O) groups excluding carboxylic acids is 1. The number of ketones is 1. The van der Waals surface area contributed by atoms with E-state index in [1.807, 2.05) is 18.2 Å². The fourth-order valence-corrected chi connectivity index (χ4v) is 3.52. The highest BCUT2D eigenvalue weighted by Crippen LogP contribution is 2.39. The van der Waals surface area contributed by atoms with Crippen LogP contribution in [-0.4, -0.2) is 43.6 Å². The maximum absolute atomic E-state index is 13.0. The Hall–Kier alpha value is -3.48. The van der Waals surface area contributed by atoms with Crippen molar-refractivity contribution < 1.29 is 19.0 Å². The molecule has 0 fully saturated rings. The van der Waals surface area contributed by atoms with Crippen LogP contribution in [0.5, 0.6) is 17.2 Å². The van der Waals surface area contributed by atoms with Crippen molar-refractivity contribution in [2.24, 2.45) is 0 Å². The molecule has 2 aromatic carbocycles. The molecule has 4 rings (SSSR count). The molecule has 0 radical (unpaired) electrons. The molecule has 7 nitrogen and oxygen atoms in total. The normalized spacial score (nSPS) is 14.9. The number of nitrogens with one attached hydrogen (secondary N) is 2. The number of rotatable bonds is 6. The minimum Gasteiger partial charge on any atom is -0.493 e. The second kappa shape index (κ2) is 7.26. The van der Waals surface area contributed by atoms with Gasteiger partial charge >= 0.3 is 0 Å². The molecule has 144 valence electrons. The minimum absolute atomic E-state index is 0.0812. The molecule has 0 saturated heterocycles. The Morgan fingerprint density at radius 2 is 1.79 bits per heavy atom. The van der Waals surface area contributed by atoms with Gasteiger partial charge in [-0.25, -0.2) is 4.98 Å². The fraction of sp³-hybridized carbons (Fsp3) is 0.238. The highest BCUT2D eigenvalue weighted by Gasteiger charge is 2.27. The number of hydrogen-bond acceptors (Lipinski definition) is 6. The van der Waals surface area contributed by atoms with Crippen LogP contribution in [0.25, 0.3) is 0 Å². The van der Waals surface area contributed by atoms with E-state index in [1.165, 1.54) is 26.9 Å². The van der Waals surface area contributed by atoms with Crippen LogP contribution in [0.4, 0.5) is 5.69 Å². The molecular formula is C21H21N3O4. The lowest BCUT2D eigenvalue weighted by Gasteiger charge is -2.13. The molecule has 0 bridgehead atoms. The summed E-state index contributed by atoms with van der Waals surface area (Å²) in [7, 11) is 4.56. The molecule has 2 N–H and O–H groups in total. The number of nitrogens with zero attached hydrogens (tertiary/aromatic N) is 1. The number of para-hydroxylation sites is 1. The highest BCUT2D eigenvalue weighted by molar-refractivity contribution is 6.08. The molecule has 28 heavy (non-hydrogen) atoms. The molecular weight excluding hydrogens is 358 g/mol. The number of anilines is 1. The molecule has 0 spiro atoms. The Balaban J connectivity index is 1.66. The third-order valence-electron chi connectivity index (χ3n) is 4.93. The van der Waals surface area contributed by atoms with Crippen LogP contribution >= 0.6 is 0 Å². The molecule has 0 aliphatic carbocycles. The molecule has 0 saturated carbocycles. The number of aromatic amines is 1. The molecule has 2 heterocycles. The van der Waals surface area contributed by atoms with E-state index in [0.29, 0.717) is 28.5 Å². The molecule has 1 aliphatic heterocycles. The van der Waals surface area contributed by atoms with Crippen LogP contribution in [-0.2, 0) is 0 Å². The maximum atomic E-state index is 13.0. The first kappa shape index (κ1) is 17.9. The van der Waals surface area contributed by atoms with Crippen molar-refractivity contribution >= 4 is 11.5 Å². The van der Waals surface area contributed by atoms with Gasteiger partial charge in [0.2, 0.25) is 11.5 Å². The molecule has 1 unspecified atom stereocenters. The van der Waals surface area contributed by atoms with Gasteiger partial charge in [-0.2, -0.15) is 0 Å². The maximum Gasteiger partial charge on any atom is 0.211 e.